The number of likely N-dealkylation sites (tertiary alicyclic amines) is 1. The van der Waals surface area contributed by atoms with Crippen molar-refractivity contribution in [2.75, 3.05) is 32.7 Å². The molecule has 1 unspecified atom stereocenters. The van der Waals surface area contributed by atoms with E-state index in [4.69, 9.17) is 0 Å². The predicted octanol–water partition coefficient (Wildman–Crippen LogP) is 0.599. The van der Waals surface area contributed by atoms with Gasteiger partial charge in [-0.05, 0) is 32.2 Å². The second-order valence-corrected chi connectivity index (χ2v) is 5.51. The molecular weight excluding hydrogens is 242 g/mol. The maximum Gasteiger partial charge on any atom is 0.242 e. The summed E-state index contributed by atoms with van der Waals surface area (Å²) in [5, 5.41) is 3.36. The van der Waals surface area contributed by atoms with Crippen LogP contribution in [0.5, 0.6) is 0 Å². The molecule has 1 N–H and O–H groups in total. The Kier molecular flexibility index (Phi) is 5.19. The summed E-state index contributed by atoms with van der Waals surface area (Å²) in [6.07, 6.45) is 4.67. The number of hydrogen-bond acceptors (Lipinski definition) is 3. The second kappa shape index (κ2) is 6.89. The van der Waals surface area contributed by atoms with Crippen molar-refractivity contribution in [1.29, 1.82) is 0 Å². The van der Waals surface area contributed by atoms with Crippen LogP contribution in [0.4, 0.5) is 0 Å². The third-order valence-corrected chi connectivity index (χ3v) is 3.99. The SMILES string of the molecule is CCCN(C(=O)CN1CCCC1=O)C1CCCNC1. The van der Waals surface area contributed by atoms with Crippen LogP contribution in [0.25, 0.3) is 0 Å². The van der Waals surface area contributed by atoms with Crippen LogP contribution in [0.3, 0.4) is 0 Å². The molecule has 0 saturated carbocycles. The molecule has 0 aromatic heterocycles. The van der Waals surface area contributed by atoms with Gasteiger partial charge >= 0.3 is 0 Å². The van der Waals surface area contributed by atoms with Gasteiger partial charge in [-0.25, -0.2) is 0 Å². The zero-order valence-electron chi connectivity index (χ0n) is 11.9. The van der Waals surface area contributed by atoms with E-state index in [0.29, 0.717) is 12.5 Å². The first-order valence-electron chi connectivity index (χ1n) is 7.50. The fraction of sp³-hybridized carbons (Fsp3) is 0.857. The smallest absolute Gasteiger partial charge is 0.242 e. The second-order valence-electron chi connectivity index (χ2n) is 5.51. The van der Waals surface area contributed by atoms with E-state index in [9.17, 15) is 9.59 Å². The topological polar surface area (TPSA) is 52.7 Å². The molecule has 0 aromatic carbocycles. The summed E-state index contributed by atoms with van der Waals surface area (Å²) in [6, 6.07) is 0.305. The van der Waals surface area contributed by atoms with Gasteiger partial charge in [-0.3, -0.25) is 9.59 Å². The highest BCUT2D eigenvalue weighted by Gasteiger charge is 2.28. The Morgan fingerprint density at radius 1 is 1.47 bits per heavy atom. The minimum absolute atomic E-state index is 0.116. The van der Waals surface area contributed by atoms with Crippen molar-refractivity contribution >= 4 is 11.8 Å². The van der Waals surface area contributed by atoms with Gasteiger partial charge in [0.1, 0.15) is 0 Å². The van der Waals surface area contributed by atoms with Gasteiger partial charge in [-0.15, -0.1) is 0 Å². The molecule has 2 saturated heterocycles. The van der Waals surface area contributed by atoms with E-state index < -0.39 is 0 Å². The van der Waals surface area contributed by atoms with Gasteiger partial charge in [0.05, 0.1) is 6.54 Å². The van der Waals surface area contributed by atoms with Gasteiger partial charge in [0.25, 0.3) is 0 Å². The molecule has 2 aliphatic rings. The maximum absolute atomic E-state index is 12.4. The highest BCUT2D eigenvalue weighted by atomic mass is 16.2. The average molecular weight is 267 g/mol. The lowest BCUT2D eigenvalue weighted by molar-refractivity contribution is -0.140. The van der Waals surface area contributed by atoms with Crippen LogP contribution in [0.2, 0.25) is 0 Å². The van der Waals surface area contributed by atoms with Crippen LogP contribution in [0.15, 0.2) is 0 Å². The Morgan fingerprint density at radius 3 is 2.89 bits per heavy atom. The first kappa shape index (κ1) is 14.3. The van der Waals surface area contributed by atoms with Crippen molar-refractivity contribution in [3.8, 4) is 0 Å². The summed E-state index contributed by atoms with van der Waals surface area (Å²) in [4.78, 5) is 27.7. The molecule has 2 rings (SSSR count). The van der Waals surface area contributed by atoms with Crippen LogP contribution in [0.1, 0.15) is 39.0 Å². The molecule has 0 aliphatic carbocycles. The van der Waals surface area contributed by atoms with Crippen LogP contribution in [-0.4, -0.2) is 60.4 Å². The van der Waals surface area contributed by atoms with E-state index in [-0.39, 0.29) is 18.4 Å². The standard InChI is InChI=1S/C14H25N3O2/c1-2-8-17(12-5-3-7-15-10-12)14(19)11-16-9-4-6-13(16)18/h12,15H,2-11H2,1H3. The molecule has 2 amide bonds. The molecule has 0 aromatic rings. The third-order valence-electron chi connectivity index (χ3n) is 3.99. The first-order valence-corrected chi connectivity index (χ1v) is 7.50. The average Bonchev–Trinajstić information content (AvgIpc) is 2.82. The molecule has 2 heterocycles. The van der Waals surface area contributed by atoms with E-state index in [2.05, 4.69) is 12.2 Å². The molecule has 0 bridgehead atoms. The quantitative estimate of drug-likeness (QED) is 0.793. The summed E-state index contributed by atoms with van der Waals surface area (Å²) in [6.45, 7) is 5.85. The van der Waals surface area contributed by atoms with E-state index in [1.54, 1.807) is 4.90 Å². The summed E-state index contributed by atoms with van der Waals surface area (Å²) in [5.41, 5.74) is 0. The number of hydrogen-bond donors (Lipinski definition) is 1. The predicted molar refractivity (Wildman–Crippen MR) is 73.7 cm³/mol. The molecule has 19 heavy (non-hydrogen) atoms. The fourth-order valence-corrected chi connectivity index (χ4v) is 2.98. The van der Waals surface area contributed by atoms with Crippen LogP contribution < -0.4 is 5.32 Å². The number of nitrogens with zero attached hydrogens (tertiary/aromatic N) is 2. The molecule has 5 heteroatoms. The Labute approximate surface area is 115 Å². The maximum atomic E-state index is 12.4. The normalized spacial score (nSPS) is 23.7. The monoisotopic (exact) mass is 267 g/mol. The van der Waals surface area contributed by atoms with Gasteiger partial charge in [-0.2, -0.15) is 0 Å². The lowest BCUT2D eigenvalue weighted by atomic mass is 10.1. The van der Waals surface area contributed by atoms with Crippen LogP contribution >= 0.6 is 0 Å². The van der Waals surface area contributed by atoms with Gasteiger partial charge in [-0.1, -0.05) is 6.92 Å². The summed E-state index contributed by atoms with van der Waals surface area (Å²) >= 11 is 0. The van der Waals surface area contributed by atoms with Crippen molar-refractivity contribution in [3.63, 3.8) is 0 Å². The van der Waals surface area contributed by atoms with Gasteiger partial charge in [0, 0.05) is 32.1 Å². The van der Waals surface area contributed by atoms with Crippen molar-refractivity contribution in [3.05, 3.63) is 0 Å². The molecule has 2 fully saturated rings. The number of carbonyl (C=O) groups is 2. The Balaban J connectivity index is 1.93. The summed E-state index contributed by atoms with van der Waals surface area (Å²) in [7, 11) is 0. The number of nitrogens with one attached hydrogen (secondary N) is 1. The van der Waals surface area contributed by atoms with Crippen LogP contribution in [-0.2, 0) is 9.59 Å². The van der Waals surface area contributed by atoms with Crippen LogP contribution in [0, 0.1) is 0 Å². The number of carbonyl (C=O) groups excluding carboxylic acids is 2. The minimum Gasteiger partial charge on any atom is -0.337 e. The largest absolute Gasteiger partial charge is 0.337 e. The molecule has 0 radical (unpaired) electrons. The Bertz CT molecular complexity index is 327. The zero-order chi connectivity index (χ0) is 13.7. The first-order chi connectivity index (χ1) is 9.22. The van der Waals surface area contributed by atoms with Crippen molar-refractivity contribution in [2.24, 2.45) is 0 Å². The molecular formula is C14H25N3O2. The molecule has 1 atom stereocenters. The van der Waals surface area contributed by atoms with Gasteiger partial charge < -0.3 is 15.1 Å². The fourth-order valence-electron chi connectivity index (χ4n) is 2.98. The van der Waals surface area contributed by atoms with E-state index >= 15 is 0 Å². The summed E-state index contributed by atoms with van der Waals surface area (Å²) < 4.78 is 0. The molecule has 108 valence electrons. The molecule has 2 aliphatic heterocycles. The number of amides is 2. The van der Waals surface area contributed by atoms with Gasteiger partial charge in [0.15, 0.2) is 0 Å². The lowest BCUT2D eigenvalue weighted by Gasteiger charge is -2.35. The Morgan fingerprint density at radius 2 is 2.32 bits per heavy atom. The summed E-state index contributed by atoms with van der Waals surface area (Å²) in [5.74, 6) is 0.248. The van der Waals surface area contributed by atoms with Crippen molar-refractivity contribution < 1.29 is 9.59 Å². The van der Waals surface area contributed by atoms with Gasteiger partial charge in [0.2, 0.25) is 11.8 Å². The van der Waals surface area contributed by atoms with Crippen molar-refractivity contribution in [2.45, 2.75) is 45.1 Å². The molecule has 5 nitrogen and oxygen atoms in total. The van der Waals surface area contributed by atoms with E-state index in [1.807, 2.05) is 4.90 Å². The lowest BCUT2D eigenvalue weighted by Crippen LogP contribution is -2.51. The van der Waals surface area contributed by atoms with Crippen molar-refractivity contribution in [1.82, 2.24) is 15.1 Å². The third kappa shape index (κ3) is 3.69. The highest BCUT2D eigenvalue weighted by Crippen LogP contribution is 2.14. The number of rotatable bonds is 5. The Hall–Kier alpha value is -1.10. The number of piperidine rings is 1. The van der Waals surface area contributed by atoms with E-state index in [0.717, 1.165) is 51.9 Å². The van der Waals surface area contributed by atoms with E-state index in [1.165, 1.54) is 0 Å². The zero-order valence-corrected chi connectivity index (χ0v) is 11.9. The minimum atomic E-state index is 0.116. The molecule has 0 spiro atoms. The highest BCUT2D eigenvalue weighted by molar-refractivity contribution is 5.86.